The lowest BCUT2D eigenvalue weighted by molar-refractivity contribution is 0.139. The van der Waals surface area contributed by atoms with Crippen molar-refractivity contribution in [2.24, 2.45) is 11.7 Å². The Balaban J connectivity index is 2.15. The highest BCUT2D eigenvalue weighted by Gasteiger charge is 2.23. The van der Waals surface area contributed by atoms with Gasteiger partial charge in [-0.15, -0.1) is 0 Å². The number of hydrogen-bond donors (Lipinski definition) is 1. The van der Waals surface area contributed by atoms with E-state index < -0.39 is 0 Å². The lowest BCUT2D eigenvalue weighted by Gasteiger charge is -2.33. The monoisotopic (exact) mass is 279 g/mol. The van der Waals surface area contributed by atoms with Crippen LogP contribution in [-0.2, 0) is 4.74 Å². The molecule has 0 atom stereocenters. The van der Waals surface area contributed by atoms with Crippen LogP contribution in [0.2, 0.25) is 0 Å². The van der Waals surface area contributed by atoms with E-state index in [2.05, 4.69) is 9.88 Å². The van der Waals surface area contributed by atoms with Crippen molar-refractivity contribution in [2.75, 3.05) is 31.7 Å². The number of nitrogens with zero attached hydrogens (tertiary/aromatic N) is 2. The van der Waals surface area contributed by atoms with E-state index in [4.69, 9.17) is 22.7 Å². The molecule has 0 aromatic carbocycles. The second-order valence-corrected chi connectivity index (χ2v) is 5.52. The third kappa shape index (κ3) is 3.22. The minimum atomic E-state index is 0.430. The van der Waals surface area contributed by atoms with Gasteiger partial charge in [0.2, 0.25) is 0 Å². The summed E-state index contributed by atoms with van der Waals surface area (Å²) < 4.78 is 5.23. The van der Waals surface area contributed by atoms with Gasteiger partial charge in [-0.25, -0.2) is 4.98 Å². The van der Waals surface area contributed by atoms with Crippen LogP contribution in [0.1, 0.15) is 24.0 Å². The van der Waals surface area contributed by atoms with Crippen LogP contribution >= 0.6 is 12.2 Å². The van der Waals surface area contributed by atoms with Gasteiger partial charge >= 0.3 is 0 Å². The maximum atomic E-state index is 5.84. The maximum absolute atomic E-state index is 5.84. The Hall–Kier alpha value is -1.20. The molecule has 1 aliphatic heterocycles. The fourth-order valence-electron chi connectivity index (χ4n) is 2.64. The van der Waals surface area contributed by atoms with Crippen molar-refractivity contribution >= 4 is 23.0 Å². The lowest BCUT2D eigenvalue weighted by atomic mass is 9.97. The summed E-state index contributed by atoms with van der Waals surface area (Å²) in [4.78, 5) is 7.20. The molecule has 1 fully saturated rings. The molecule has 0 amide bonds. The fraction of sp³-hybridized carbons (Fsp3) is 0.571. The molecule has 0 saturated carbocycles. The molecule has 4 nitrogen and oxygen atoms in total. The molecular weight excluding hydrogens is 258 g/mol. The van der Waals surface area contributed by atoms with Gasteiger partial charge in [0.1, 0.15) is 10.8 Å². The van der Waals surface area contributed by atoms with E-state index in [1.165, 1.54) is 0 Å². The van der Waals surface area contributed by atoms with Gasteiger partial charge in [-0.05, 0) is 37.3 Å². The molecule has 2 rings (SSSR count). The number of aromatic nitrogens is 1. The maximum Gasteiger partial charge on any atom is 0.139 e. The zero-order chi connectivity index (χ0) is 13.8. The zero-order valence-electron chi connectivity index (χ0n) is 11.6. The SMILES string of the molecule is COCC1CCN(c2nccc(C)c2C(N)=S)CC1. The number of thiocarbonyl (C=S) groups is 1. The molecule has 0 bridgehead atoms. The summed E-state index contributed by atoms with van der Waals surface area (Å²) in [7, 11) is 1.76. The Kier molecular flexibility index (Phi) is 4.71. The average molecular weight is 279 g/mol. The largest absolute Gasteiger partial charge is 0.389 e. The molecule has 104 valence electrons. The molecule has 0 aliphatic carbocycles. The molecule has 0 spiro atoms. The third-order valence-electron chi connectivity index (χ3n) is 3.70. The molecule has 19 heavy (non-hydrogen) atoms. The van der Waals surface area contributed by atoms with E-state index in [-0.39, 0.29) is 0 Å². The van der Waals surface area contributed by atoms with Crippen molar-refractivity contribution in [1.82, 2.24) is 4.98 Å². The number of nitrogens with two attached hydrogens (primary N) is 1. The van der Waals surface area contributed by atoms with Crippen LogP contribution in [0.15, 0.2) is 12.3 Å². The average Bonchev–Trinajstić information content (AvgIpc) is 2.39. The first-order valence-corrected chi connectivity index (χ1v) is 7.03. The van der Waals surface area contributed by atoms with Crippen LogP contribution in [0.3, 0.4) is 0 Å². The van der Waals surface area contributed by atoms with E-state index in [0.29, 0.717) is 10.9 Å². The summed E-state index contributed by atoms with van der Waals surface area (Å²) in [5, 5.41) is 0. The lowest BCUT2D eigenvalue weighted by Crippen LogP contribution is -2.37. The Morgan fingerprint density at radius 3 is 2.79 bits per heavy atom. The zero-order valence-corrected chi connectivity index (χ0v) is 12.4. The van der Waals surface area contributed by atoms with Gasteiger partial charge in [0.15, 0.2) is 0 Å². The standard InChI is InChI=1S/C14H21N3OS/c1-10-3-6-16-14(12(10)13(15)19)17-7-4-11(5-8-17)9-18-2/h3,6,11H,4-5,7-9H2,1-2H3,(H2,15,19). The molecule has 1 aliphatic rings. The molecule has 2 N–H and O–H groups in total. The molecule has 1 aromatic heterocycles. The van der Waals surface area contributed by atoms with Crippen molar-refractivity contribution < 1.29 is 4.74 Å². The molecule has 1 saturated heterocycles. The van der Waals surface area contributed by atoms with Gasteiger partial charge in [-0.3, -0.25) is 0 Å². The number of anilines is 1. The Morgan fingerprint density at radius 1 is 1.53 bits per heavy atom. The van der Waals surface area contributed by atoms with Gasteiger partial charge in [0.05, 0.1) is 5.56 Å². The number of pyridine rings is 1. The highest BCUT2D eigenvalue weighted by molar-refractivity contribution is 7.80. The summed E-state index contributed by atoms with van der Waals surface area (Å²) in [5.74, 6) is 1.59. The van der Waals surface area contributed by atoms with E-state index in [0.717, 1.165) is 49.5 Å². The van der Waals surface area contributed by atoms with Gasteiger partial charge in [0.25, 0.3) is 0 Å². The molecule has 1 aromatic rings. The number of ether oxygens (including phenoxy) is 1. The Morgan fingerprint density at radius 2 is 2.21 bits per heavy atom. The minimum absolute atomic E-state index is 0.430. The summed E-state index contributed by atoms with van der Waals surface area (Å²) in [6, 6.07) is 1.95. The van der Waals surface area contributed by atoms with E-state index >= 15 is 0 Å². The third-order valence-corrected chi connectivity index (χ3v) is 3.91. The van der Waals surface area contributed by atoms with Gasteiger partial charge in [-0.1, -0.05) is 12.2 Å². The van der Waals surface area contributed by atoms with Crippen molar-refractivity contribution in [2.45, 2.75) is 19.8 Å². The topological polar surface area (TPSA) is 51.4 Å². The number of hydrogen-bond acceptors (Lipinski definition) is 4. The van der Waals surface area contributed by atoms with Gasteiger partial charge in [-0.2, -0.15) is 0 Å². The molecule has 0 radical (unpaired) electrons. The van der Waals surface area contributed by atoms with E-state index in [9.17, 15) is 0 Å². The number of piperidine rings is 1. The first-order valence-electron chi connectivity index (χ1n) is 6.62. The molecule has 0 unspecified atom stereocenters. The van der Waals surface area contributed by atoms with Gasteiger partial charge < -0.3 is 15.4 Å². The first-order chi connectivity index (χ1) is 9.13. The number of rotatable bonds is 4. The van der Waals surface area contributed by atoms with Crippen molar-refractivity contribution in [3.05, 3.63) is 23.4 Å². The summed E-state index contributed by atoms with van der Waals surface area (Å²) in [6.07, 6.45) is 4.08. The number of aryl methyl sites for hydroxylation is 1. The van der Waals surface area contributed by atoms with Gasteiger partial charge in [0, 0.05) is 33.0 Å². The van der Waals surface area contributed by atoms with Crippen LogP contribution in [0.4, 0.5) is 5.82 Å². The summed E-state index contributed by atoms with van der Waals surface area (Å²) >= 11 is 5.16. The fourth-order valence-corrected chi connectivity index (χ4v) is 2.89. The second kappa shape index (κ2) is 6.30. The first kappa shape index (κ1) is 14.2. The molecular formula is C14H21N3OS. The van der Waals surface area contributed by atoms with Crippen LogP contribution in [-0.4, -0.2) is 36.8 Å². The van der Waals surface area contributed by atoms with Crippen molar-refractivity contribution in [1.29, 1.82) is 0 Å². The van der Waals surface area contributed by atoms with Crippen LogP contribution in [0.25, 0.3) is 0 Å². The molecule has 5 heteroatoms. The van der Waals surface area contributed by atoms with Crippen molar-refractivity contribution in [3.63, 3.8) is 0 Å². The smallest absolute Gasteiger partial charge is 0.139 e. The molecule has 2 heterocycles. The van der Waals surface area contributed by atoms with Crippen LogP contribution in [0.5, 0.6) is 0 Å². The highest BCUT2D eigenvalue weighted by atomic mass is 32.1. The quantitative estimate of drug-likeness (QED) is 0.853. The van der Waals surface area contributed by atoms with Crippen molar-refractivity contribution in [3.8, 4) is 0 Å². The summed E-state index contributed by atoms with van der Waals surface area (Å²) in [6.45, 7) is 4.84. The number of methoxy groups -OCH3 is 1. The normalized spacial score (nSPS) is 16.6. The predicted molar refractivity (Wildman–Crippen MR) is 81.7 cm³/mol. The highest BCUT2D eigenvalue weighted by Crippen LogP contribution is 2.26. The van der Waals surface area contributed by atoms with Crippen LogP contribution in [0, 0.1) is 12.8 Å². The second-order valence-electron chi connectivity index (χ2n) is 5.08. The Bertz CT molecular complexity index is 456. The Labute approximate surface area is 120 Å². The van der Waals surface area contributed by atoms with E-state index in [1.807, 2.05) is 19.2 Å². The van der Waals surface area contributed by atoms with Crippen LogP contribution < -0.4 is 10.6 Å². The summed E-state index contributed by atoms with van der Waals surface area (Å²) in [5.41, 5.74) is 7.85. The van der Waals surface area contributed by atoms with E-state index in [1.54, 1.807) is 7.11 Å². The minimum Gasteiger partial charge on any atom is -0.389 e. The predicted octanol–water partition coefficient (Wildman–Crippen LogP) is 1.89.